The summed E-state index contributed by atoms with van der Waals surface area (Å²) in [6.07, 6.45) is 0. The third-order valence-corrected chi connectivity index (χ3v) is 8.33. The van der Waals surface area contributed by atoms with Crippen LogP contribution in [0.15, 0.2) is 70.1 Å². The molecule has 0 fully saturated rings. The van der Waals surface area contributed by atoms with Crippen LogP contribution in [-0.4, -0.2) is 50.3 Å². The molecular weight excluding hydrogens is 557 g/mol. The molecule has 37 heavy (non-hydrogen) atoms. The molecule has 0 saturated heterocycles. The van der Waals surface area contributed by atoms with Gasteiger partial charge in [0.05, 0.1) is 0 Å². The second-order valence-electron chi connectivity index (χ2n) is 7.71. The van der Waals surface area contributed by atoms with Crippen molar-refractivity contribution in [3.8, 4) is 0 Å². The molecule has 12 heteroatoms. The van der Waals surface area contributed by atoms with E-state index in [2.05, 4.69) is 0 Å². The minimum Gasteiger partial charge on any atom is -0.460 e. The van der Waals surface area contributed by atoms with Crippen LogP contribution in [0.5, 0.6) is 0 Å². The molecule has 4 rings (SSSR count). The maximum Gasteiger partial charge on any atom is 0.348 e. The van der Waals surface area contributed by atoms with Crippen molar-refractivity contribution in [1.82, 2.24) is 0 Å². The van der Waals surface area contributed by atoms with Crippen molar-refractivity contribution in [2.75, 3.05) is 26.4 Å². The predicted octanol–water partition coefficient (Wildman–Crippen LogP) is 5.65. The molecule has 0 N–H and O–H groups in total. The molecule has 0 unspecified atom stereocenters. The van der Waals surface area contributed by atoms with Gasteiger partial charge in [0, 0.05) is 0 Å². The molecule has 4 heterocycles. The lowest BCUT2D eigenvalue weighted by Gasteiger charge is -2.31. The average molecular weight is 577 g/mol. The standard InChI is InChI=1S/C25H20O8S4/c26-21(17-5-1-9-34-17)30-13-25(14-31-22(27)18-6-2-10-35-18,15-32-23(28)19-7-3-11-36-19)16-33-24(29)20-8-4-12-37-20/h1-12H,13-16H2. The van der Waals surface area contributed by atoms with Gasteiger partial charge in [-0.1, -0.05) is 24.3 Å². The number of hydrogen-bond acceptors (Lipinski definition) is 12. The summed E-state index contributed by atoms with van der Waals surface area (Å²) in [6.45, 7) is -1.35. The predicted molar refractivity (Wildman–Crippen MR) is 141 cm³/mol. The van der Waals surface area contributed by atoms with Gasteiger partial charge in [0.1, 0.15) is 51.4 Å². The van der Waals surface area contributed by atoms with Gasteiger partial charge >= 0.3 is 23.9 Å². The number of carbonyl (C=O) groups excluding carboxylic acids is 4. The molecule has 0 saturated carbocycles. The van der Waals surface area contributed by atoms with Gasteiger partial charge in [-0.05, 0) is 45.8 Å². The fourth-order valence-electron chi connectivity index (χ4n) is 2.99. The second-order valence-corrected chi connectivity index (χ2v) is 11.5. The summed E-state index contributed by atoms with van der Waals surface area (Å²) in [4.78, 5) is 51.9. The zero-order valence-corrected chi connectivity index (χ0v) is 22.4. The van der Waals surface area contributed by atoms with Crippen molar-refractivity contribution in [2.24, 2.45) is 5.41 Å². The zero-order chi connectivity index (χ0) is 26.1. The molecule has 0 aliphatic heterocycles. The lowest BCUT2D eigenvalue weighted by Crippen LogP contribution is -2.44. The van der Waals surface area contributed by atoms with Crippen molar-refractivity contribution in [1.29, 1.82) is 0 Å². The molecule has 192 valence electrons. The maximum absolute atomic E-state index is 12.6. The lowest BCUT2D eigenvalue weighted by molar-refractivity contribution is -0.0637. The second kappa shape index (κ2) is 12.8. The monoisotopic (exact) mass is 576 g/mol. The molecule has 0 aliphatic rings. The Labute approximate surface area is 228 Å². The van der Waals surface area contributed by atoms with Crippen molar-refractivity contribution in [3.63, 3.8) is 0 Å². The highest BCUT2D eigenvalue weighted by Crippen LogP contribution is 2.25. The van der Waals surface area contributed by atoms with Crippen LogP contribution >= 0.6 is 45.3 Å². The molecule has 0 bridgehead atoms. The summed E-state index contributed by atoms with van der Waals surface area (Å²) >= 11 is 4.82. The smallest absolute Gasteiger partial charge is 0.348 e. The molecule has 0 radical (unpaired) electrons. The van der Waals surface area contributed by atoms with E-state index in [0.29, 0.717) is 19.5 Å². The van der Waals surface area contributed by atoms with E-state index >= 15 is 0 Å². The van der Waals surface area contributed by atoms with Crippen LogP contribution in [0.3, 0.4) is 0 Å². The normalized spacial score (nSPS) is 11.0. The Morgan fingerprint density at radius 2 is 0.730 bits per heavy atom. The Morgan fingerprint density at radius 3 is 0.919 bits per heavy atom. The molecule has 4 aromatic heterocycles. The van der Waals surface area contributed by atoms with E-state index in [0.717, 1.165) is 0 Å². The average Bonchev–Trinajstić information content (AvgIpc) is 3.74. The number of carbonyl (C=O) groups is 4. The SMILES string of the molecule is O=C(OCC(COC(=O)c1cccs1)(COC(=O)c1cccs1)COC(=O)c1cccs1)c1cccs1. The third-order valence-electron chi connectivity index (χ3n) is 4.93. The van der Waals surface area contributed by atoms with Crippen LogP contribution in [0.4, 0.5) is 0 Å². The molecule has 0 aromatic carbocycles. The van der Waals surface area contributed by atoms with Gasteiger partial charge in [-0.2, -0.15) is 0 Å². The van der Waals surface area contributed by atoms with Gasteiger partial charge in [0.25, 0.3) is 0 Å². The fourth-order valence-corrected chi connectivity index (χ4v) is 5.45. The summed E-state index contributed by atoms with van der Waals surface area (Å²) in [5.41, 5.74) is -1.36. The van der Waals surface area contributed by atoms with E-state index in [4.69, 9.17) is 18.9 Å². The van der Waals surface area contributed by atoms with Crippen molar-refractivity contribution < 1.29 is 38.1 Å². The number of esters is 4. The molecule has 0 spiro atoms. The minimum atomic E-state index is -1.36. The van der Waals surface area contributed by atoms with E-state index in [1.807, 2.05) is 0 Å². The first-order valence-corrected chi connectivity index (χ1v) is 14.3. The first-order chi connectivity index (χ1) is 18.0. The van der Waals surface area contributed by atoms with Gasteiger partial charge in [-0.15, -0.1) is 45.3 Å². The largest absolute Gasteiger partial charge is 0.460 e. The summed E-state index contributed by atoms with van der Waals surface area (Å²) in [7, 11) is 0. The van der Waals surface area contributed by atoms with Crippen molar-refractivity contribution in [2.45, 2.75) is 0 Å². The van der Waals surface area contributed by atoms with E-state index in [-0.39, 0.29) is 26.4 Å². The quantitative estimate of drug-likeness (QED) is 0.157. The van der Waals surface area contributed by atoms with Crippen LogP contribution < -0.4 is 0 Å². The summed E-state index contributed by atoms with van der Waals surface area (Å²) in [5, 5.41) is 6.94. The highest BCUT2D eigenvalue weighted by atomic mass is 32.1. The van der Waals surface area contributed by atoms with Gasteiger partial charge in [0.15, 0.2) is 0 Å². The molecule has 0 amide bonds. The Hall–Kier alpha value is -3.32. The van der Waals surface area contributed by atoms with Gasteiger partial charge < -0.3 is 18.9 Å². The number of rotatable bonds is 12. The lowest BCUT2D eigenvalue weighted by atomic mass is 9.92. The molecule has 0 atom stereocenters. The van der Waals surface area contributed by atoms with Crippen LogP contribution in [0.25, 0.3) is 0 Å². The Kier molecular flexibility index (Phi) is 9.23. The van der Waals surface area contributed by atoms with E-state index in [1.54, 1.807) is 70.1 Å². The molecule has 8 nitrogen and oxygen atoms in total. The van der Waals surface area contributed by atoms with Crippen molar-refractivity contribution >= 4 is 69.2 Å². The molecular formula is C25H20O8S4. The summed E-state index contributed by atoms with van der Waals surface area (Å²) < 4.78 is 22.1. The molecule has 4 aromatic rings. The van der Waals surface area contributed by atoms with Gasteiger partial charge in [0.2, 0.25) is 0 Å². The zero-order valence-electron chi connectivity index (χ0n) is 19.2. The number of ether oxygens (including phenoxy) is 4. The third kappa shape index (κ3) is 7.35. The Morgan fingerprint density at radius 1 is 0.486 bits per heavy atom. The maximum atomic E-state index is 12.6. The Bertz CT molecular complexity index is 1090. The van der Waals surface area contributed by atoms with Crippen molar-refractivity contribution in [3.05, 3.63) is 89.6 Å². The first kappa shape index (κ1) is 26.7. The number of thiophene rings is 4. The Balaban J connectivity index is 1.54. The van der Waals surface area contributed by atoms with Gasteiger partial charge in [-0.3, -0.25) is 0 Å². The summed E-state index contributed by atoms with van der Waals surface area (Å²) in [6, 6.07) is 13.3. The first-order valence-electron chi connectivity index (χ1n) is 10.8. The minimum absolute atomic E-state index is 0.336. The fraction of sp³-hybridized carbons (Fsp3) is 0.200. The van der Waals surface area contributed by atoms with Crippen LogP contribution in [0, 0.1) is 5.41 Å². The van der Waals surface area contributed by atoms with Gasteiger partial charge in [-0.25, -0.2) is 19.2 Å². The molecule has 0 aliphatic carbocycles. The van der Waals surface area contributed by atoms with Crippen LogP contribution in [-0.2, 0) is 18.9 Å². The van der Waals surface area contributed by atoms with Crippen LogP contribution in [0.2, 0.25) is 0 Å². The number of hydrogen-bond donors (Lipinski definition) is 0. The van der Waals surface area contributed by atoms with E-state index in [1.165, 1.54) is 45.3 Å². The van der Waals surface area contributed by atoms with E-state index < -0.39 is 29.3 Å². The van der Waals surface area contributed by atoms with Crippen LogP contribution in [0.1, 0.15) is 38.7 Å². The summed E-state index contributed by atoms with van der Waals surface area (Å²) in [5.74, 6) is -2.40. The highest BCUT2D eigenvalue weighted by Gasteiger charge is 2.39. The highest BCUT2D eigenvalue weighted by molar-refractivity contribution is 7.12. The topological polar surface area (TPSA) is 105 Å². The van der Waals surface area contributed by atoms with E-state index in [9.17, 15) is 19.2 Å².